The van der Waals surface area contributed by atoms with E-state index in [2.05, 4.69) is 35.9 Å². The molecule has 0 amide bonds. The third kappa shape index (κ3) is 3.36. The van der Waals surface area contributed by atoms with Crippen molar-refractivity contribution in [3.8, 4) is 0 Å². The molecule has 1 N–H and O–H groups in total. The Labute approximate surface area is 98.2 Å². The number of likely N-dealkylation sites (N-methyl/N-ethyl adjacent to an activating group) is 1. The minimum atomic E-state index is 0.769. The summed E-state index contributed by atoms with van der Waals surface area (Å²) in [6, 6.07) is 1.58. The Balaban J connectivity index is 1.68. The molecule has 0 bridgehead atoms. The molecule has 3 unspecified atom stereocenters. The summed E-state index contributed by atoms with van der Waals surface area (Å²) < 4.78 is 0. The Morgan fingerprint density at radius 2 is 2.13 bits per heavy atom. The largest absolute Gasteiger partial charge is 0.310 e. The van der Waals surface area contributed by atoms with Crippen LogP contribution in [-0.2, 0) is 0 Å². The molecule has 88 valence electrons. The summed E-state index contributed by atoms with van der Waals surface area (Å²) in [5.74, 6) is 1.28. The van der Waals surface area contributed by atoms with Crippen molar-refractivity contribution in [1.29, 1.82) is 0 Å². The van der Waals surface area contributed by atoms with Gasteiger partial charge in [0.2, 0.25) is 0 Å². The molecule has 2 aliphatic rings. The summed E-state index contributed by atoms with van der Waals surface area (Å²) in [5, 5.41) is 4.78. The predicted molar refractivity (Wildman–Crippen MR) is 68.6 cm³/mol. The van der Waals surface area contributed by atoms with Crippen LogP contribution in [0.5, 0.6) is 0 Å². The zero-order valence-corrected chi connectivity index (χ0v) is 10.9. The number of likely N-dealkylation sites (tertiary alicyclic amines) is 1. The molecular weight excluding hydrogens is 204 g/mol. The number of rotatable bonds is 4. The SMILES string of the molecule is CCSC1CCC(NC2CCN(C)C2)C1. The van der Waals surface area contributed by atoms with E-state index in [4.69, 9.17) is 0 Å². The number of thioether (sulfide) groups is 1. The molecule has 3 heteroatoms. The maximum Gasteiger partial charge on any atom is 0.0209 e. The lowest BCUT2D eigenvalue weighted by molar-refractivity contribution is 0.381. The van der Waals surface area contributed by atoms with Gasteiger partial charge in [-0.25, -0.2) is 0 Å². The first-order valence-electron chi connectivity index (χ1n) is 6.34. The molecule has 2 rings (SSSR count). The van der Waals surface area contributed by atoms with Gasteiger partial charge in [0.1, 0.15) is 0 Å². The van der Waals surface area contributed by atoms with E-state index in [9.17, 15) is 0 Å². The van der Waals surface area contributed by atoms with Crippen LogP contribution in [0.15, 0.2) is 0 Å². The molecule has 1 saturated carbocycles. The van der Waals surface area contributed by atoms with E-state index >= 15 is 0 Å². The Hall–Kier alpha value is 0.270. The fourth-order valence-electron chi connectivity index (χ4n) is 2.88. The second-order valence-electron chi connectivity index (χ2n) is 5.00. The van der Waals surface area contributed by atoms with Crippen molar-refractivity contribution < 1.29 is 0 Å². The van der Waals surface area contributed by atoms with Gasteiger partial charge in [0.05, 0.1) is 0 Å². The molecule has 0 spiro atoms. The Kier molecular flexibility index (Phi) is 4.35. The minimum absolute atomic E-state index is 0.769. The fourth-order valence-corrected chi connectivity index (χ4v) is 4.03. The smallest absolute Gasteiger partial charge is 0.0209 e. The monoisotopic (exact) mass is 228 g/mol. The first kappa shape index (κ1) is 11.7. The normalized spacial score (nSPS) is 37.6. The minimum Gasteiger partial charge on any atom is -0.310 e. The molecule has 1 saturated heterocycles. The lowest BCUT2D eigenvalue weighted by Gasteiger charge is -2.18. The second-order valence-corrected chi connectivity index (χ2v) is 6.58. The van der Waals surface area contributed by atoms with Gasteiger partial charge in [0, 0.05) is 23.9 Å². The fraction of sp³-hybridized carbons (Fsp3) is 1.00. The van der Waals surface area contributed by atoms with Crippen LogP contribution in [0.4, 0.5) is 0 Å². The van der Waals surface area contributed by atoms with Crippen LogP contribution in [0.25, 0.3) is 0 Å². The van der Waals surface area contributed by atoms with Crippen LogP contribution in [-0.4, -0.2) is 48.1 Å². The summed E-state index contributed by atoms with van der Waals surface area (Å²) in [6.45, 7) is 4.80. The van der Waals surface area contributed by atoms with Gasteiger partial charge in [-0.2, -0.15) is 11.8 Å². The third-order valence-corrected chi connectivity index (χ3v) is 4.88. The lowest BCUT2D eigenvalue weighted by atomic mass is 10.2. The van der Waals surface area contributed by atoms with Crippen molar-refractivity contribution in [2.45, 2.75) is 49.9 Å². The molecule has 1 aliphatic heterocycles. The van der Waals surface area contributed by atoms with E-state index in [1.54, 1.807) is 0 Å². The summed E-state index contributed by atoms with van der Waals surface area (Å²) in [7, 11) is 2.23. The molecule has 0 aromatic heterocycles. The molecule has 1 heterocycles. The van der Waals surface area contributed by atoms with Crippen molar-refractivity contribution in [1.82, 2.24) is 10.2 Å². The Bertz CT molecular complexity index is 198. The third-order valence-electron chi connectivity index (χ3n) is 3.65. The first-order valence-corrected chi connectivity index (χ1v) is 7.39. The zero-order valence-electron chi connectivity index (χ0n) is 10.0. The van der Waals surface area contributed by atoms with E-state index in [1.165, 1.54) is 44.5 Å². The van der Waals surface area contributed by atoms with Crippen LogP contribution in [0.1, 0.15) is 32.6 Å². The van der Waals surface area contributed by atoms with E-state index < -0.39 is 0 Å². The standard InChI is InChI=1S/C12H24N2S/c1-3-15-12-5-4-10(8-12)13-11-6-7-14(2)9-11/h10-13H,3-9H2,1-2H3. The maximum absolute atomic E-state index is 3.84. The van der Waals surface area contributed by atoms with Gasteiger partial charge in [-0.3, -0.25) is 0 Å². The average molecular weight is 228 g/mol. The maximum atomic E-state index is 3.84. The van der Waals surface area contributed by atoms with Crippen molar-refractivity contribution in [2.75, 3.05) is 25.9 Å². The van der Waals surface area contributed by atoms with Gasteiger partial charge in [-0.1, -0.05) is 6.92 Å². The van der Waals surface area contributed by atoms with Gasteiger partial charge in [-0.15, -0.1) is 0 Å². The van der Waals surface area contributed by atoms with E-state index in [-0.39, 0.29) is 0 Å². The molecule has 1 aliphatic carbocycles. The second kappa shape index (κ2) is 5.55. The molecule has 0 aromatic rings. The summed E-state index contributed by atoms with van der Waals surface area (Å²) in [6.07, 6.45) is 5.58. The molecule has 15 heavy (non-hydrogen) atoms. The van der Waals surface area contributed by atoms with Crippen LogP contribution >= 0.6 is 11.8 Å². The van der Waals surface area contributed by atoms with Crippen LogP contribution in [0.3, 0.4) is 0 Å². The van der Waals surface area contributed by atoms with Gasteiger partial charge < -0.3 is 10.2 Å². The highest BCUT2D eigenvalue weighted by molar-refractivity contribution is 7.99. The van der Waals surface area contributed by atoms with Crippen LogP contribution in [0, 0.1) is 0 Å². The van der Waals surface area contributed by atoms with E-state index in [1.807, 2.05) is 0 Å². The Morgan fingerprint density at radius 3 is 2.80 bits per heavy atom. The molecule has 2 nitrogen and oxygen atoms in total. The van der Waals surface area contributed by atoms with E-state index in [0.29, 0.717) is 0 Å². The van der Waals surface area contributed by atoms with Gasteiger partial charge in [0.15, 0.2) is 0 Å². The van der Waals surface area contributed by atoms with Gasteiger partial charge in [0.25, 0.3) is 0 Å². The summed E-state index contributed by atoms with van der Waals surface area (Å²) in [4.78, 5) is 2.44. The quantitative estimate of drug-likeness (QED) is 0.792. The molecule has 0 aromatic carbocycles. The average Bonchev–Trinajstić information content (AvgIpc) is 2.78. The highest BCUT2D eigenvalue weighted by Crippen LogP contribution is 2.30. The molecular formula is C12H24N2S. The number of hydrogen-bond acceptors (Lipinski definition) is 3. The number of nitrogens with zero attached hydrogens (tertiary/aromatic N) is 1. The highest BCUT2D eigenvalue weighted by atomic mass is 32.2. The number of hydrogen-bond donors (Lipinski definition) is 1. The van der Waals surface area contributed by atoms with Crippen LogP contribution in [0.2, 0.25) is 0 Å². The number of nitrogens with one attached hydrogen (secondary N) is 1. The van der Waals surface area contributed by atoms with Crippen molar-refractivity contribution >= 4 is 11.8 Å². The lowest BCUT2D eigenvalue weighted by Crippen LogP contribution is -2.38. The topological polar surface area (TPSA) is 15.3 Å². The summed E-state index contributed by atoms with van der Waals surface area (Å²) >= 11 is 2.15. The highest BCUT2D eigenvalue weighted by Gasteiger charge is 2.28. The molecule has 2 fully saturated rings. The van der Waals surface area contributed by atoms with Crippen LogP contribution < -0.4 is 5.32 Å². The summed E-state index contributed by atoms with van der Waals surface area (Å²) in [5.41, 5.74) is 0. The predicted octanol–water partition coefficient (Wildman–Crippen LogP) is 1.95. The van der Waals surface area contributed by atoms with Crippen molar-refractivity contribution in [2.24, 2.45) is 0 Å². The van der Waals surface area contributed by atoms with Crippen molar-refractivity contribution in [3.63, 3.8) is 0 Å². The molecule has 3 atom stereocenters. The first-order chi connectivity index (χ1) is 7.28. The van der Waals surface area contributed by atoms with Crippen molar-refractivity contribution in [3.05, 3.63) is 0 Å². The van der Waals surface area contributed by atoms with E-state index in [0.717, 1.165) is 17.3 Å². The Morgan fingerprint density at radius 1 is 1.27 bits per heavy atom. The molecule has 0 radical (unpaired) electrons. The zero-order chi connectivity index (χ0) is 10.7. The van der Waals surface area contributed by atoms with Gasteiger partial charge >= 0.3 is 0 Å². The van der Waals surface area contributed by atoms with Gasteiger partial charge in [-0.05, 0) is 45.0 Å².